The molecule has 3 rings (SSSR count). The van der Waals surface area contributed by atoms with Crippen molar-refractivity contribution in [1.82, 2.24) is 15.1 Å². The molecule has 6 heteroatoms. The van der Waals surface area contributed by atoms with Gasteiger partial charge in [-0.2, -0.15) is 0 Å². The first-order chi connectivity index (χ1) is 11.9. The molecule has 5 nitrogen and oxygen atoms in total. The zero-order valence-corrected chi connectivity index (χ0v) is 14.9. The van der Waals surface area contributed by atoms with Crippen LogP contribution in [0, 0.1) is 11.7 Å². The van der Waals surface area contributed by atoms with Crippen molar-refractivity contribution in [3.63, 3.8) is 0 Å². The van der Waals surface area contributed by atoms with Gasteiger partial charge in [0.15, 0.2) is 0 Å². The number of amides is 3. The summed E-state index contributed by atoms with van der Waals surface area (Å²) in [6.07, 6.45) is 5.42. The number of carbonyl (C=O) groups excluding carboxylic acids is 2. The molecule has 1 saturated heterocycles. The molecule has 136 valence electrons. The largest absolute Gasteiger partial charge is 0.326 e. The Morgan fingerprint density at radius 1 is 1.20 bits per heavy atom. The first-order valence-electron chi connectivity index (χ1n) is 8.97. The molecule has 1 N–H and O–H groups in total. The number of nitrogens with one attached hydrogen (secondary N) is 1. The van der Waals surface area contributed by atoms with E-state index in [2.05, 4.69) is 5.32 Å². The zero-order valence-electron chi connectivity index (χ0n) is 14.9. The van der Waals surface area contributed by atoms with E-state index in [9.17, 15) is 14.0 Å². The molecule has 1 heterocycles. The average Bonchev–Trinajstić information content (AvgIpc) is 2.82. The molecule has 3 amide bonds. The molecule has 1 aromatic carbocycles. The van der Waals surface area contributed by atoms with Crippen LogP contribution in [-0.4, -0.2) is 41.0 Å². The highest BCUT2D eigenvalue weighted by Crippen LogP contribution is 2.36. The number of rotatable bonds is 5. The van der Waals surface area contributed by atoms with Crippen molar-refractivity contribution in [2.75, 3.05) is 13.7 Å². The standard InChI is InChI=1S/C19H26FN3O2/c1-19(15-6-4-3-5-7-15)17(24)23(18(25)21-19)13-22(2)12-14-8-10-16(20)11-9-14/h8-11,15H,3-7,12-13H2,1-2H3,(H,21,25). The van der Waals surface area contributed by atoms with Crippen LogP contribution in [0.1, 0.15) is 44.6 Å². The lowest BCUT2D eigenvalue weighted by molar-refractivity contribution is -0.134. The van der Waals surface area contributed by atoms with Gasteiger partial charge in [-0.15, -0.1) is 0 Å². The Hall–Kier alpha value is -1.95. The van der Waals surface area contributed by atoms with E-state index >= 15 is 0 Å². The molecule has 0 bridgehead atoms. The van der Waals surface area contributed by atoms with Crippen LogP contribution >= 0.6 is 0 Å². The monoisotopic (exact) mass is 347 g/mol. The predicted octanol–water partition coefficient (Wildman–Crippen LogP) is 3.11. The van der Waals surface area contributed by atoms with Gasteiger partial charge in [0.1, 0.15) is 11.4 Å². The number of halogens is 1. The number of urea groups is 1. The molecular formula is C19H26FN3O2. The van der Waals surface area contributed by atoms with E-state index in [-0.39, 0.29) is 30.3 Å². The van der Waals surface area contributed by atoms with Gasteiger partial charge in [0, 0.05) is 6.54 Å². The van der Waals surface area contributed by atoms with E-state index in [0.29, 0.717) is 6.54 Å². The van der Waals surface area contributed by atoms with E-state index in [1.54, 1.807) is 12.1 Å². The molecule has 2 aliphatic rings. The summed E-state index contributed by atoms with van der Waals surface area (Å²) in [5.41, 5.74) is 0.153. The second-order valence-corrected chi connectivity index (χ2v) is 7.48. The van der Waals surface area contributed by atoms with Crippen LogP contribution in [0.2, 0.25) is 0 Å². The van der Waals surface area contributed by atoms with Crippen molar-refractivity contribution >= 4 is 11.9 Å². The molecule has 1 aliphatic carbocycles. The van der Waals surface area contributed by atoms with E-state index in [4.69, 9.17) is 0 Å². The number of hydrogen-bond acceptors (Lipinski definition) is 3. The summed E-state index contributed by atoms with van der Waals surface area (Å²) in [5.74, 6) is -0.191. The maximum Gasteiger partial charge on any atom is 0.326 e. The molecular weight excluding hydrogens is 321 g/mol. The fraction of sp³-hybridized carbons (Fsp3) is 0.579. The molecule has 1 saturated carbocycles. The van der Waals surface area contributed by atoms with Crippen LogP contribution < -0.4 is 5.32 Å². The van der Waals surface area contributed by atoms with E-state index < -0.39 is 5.54 Å². The normalized spacial score (nSPS) is 24.9. The molecule has 0 radical (unpaired) electrons. The number of nitrogens with zero attached hydrogens (tertiary/aromatic N) is 2. The lowest BCUT2D eigenvalue weighted by Crippen LogP contribution is -2.51. The van der Waals surface area contributed by atoms with Crippen molar-refractivity contribution < 1.29 is 14.0 Å². The average molecular weight is 347 g/mol. The first-order valence-corrected chi connectivity index (χ1v) is 8.97. The molecule has 25 heavy (non-hydrogen) atoms. The summed E-state index contributed by atoms with van der Waals surface area (Å²) >= 11 is 0. The van der Waals surface area contributed by atoms with Gasteiger partial charge in [0.2, 0.25) is 0 Å². The van der Waals surface area contributed by atoms with E-state index in [1.807, 2.05) is 18.9 Å². The van der Waals surface area contributed by atoms with Gasteiger partial charge in [0.05, 0.1) is 6.67 Å². The summed E-state index contributed by atoms with van der Waals surface area (Å²) in [6, 6.07) is 5.94. The summed E-state index contributed by atoms with van der Waals surface area (Å²) in [4.78, 5) is 28.5. The predicted molar refractivity (Wildman–Crippen MR) is 93.1 cm³/mol. The van der Waals surface area contributed by atoms with E-state index in [0.717, 1.165) is 31.2 Å². The topological polar surface area (TPSA) is 52.6 Å². The number of imide groups is 1. The minimum Gasteiger partial charge on any atom is -0.323 e. The summed E-state index contributed by atoms with van der Waals surface area (Å²) in [7, 11) is 1.85. The smallest absolute Gasteiger partial charge is 0.323 e. The molecule has 1 atom stereocenters. The third-order valence-electron chi connectivity index (χ3n) is 5.47. The van der Waals surface area contributed by atoms with Gasteiger partial charge >= 0.3 is 6.03 Å². The van der Waals surface area contributed by atoms with Crippen LogP contribution in [0.25, 0.3) is 0 Å². The van der Waals surface area contributed by atoms with Gasteiger partial charge in [-0.05, 0) is 50.4 Å². The summed E-state index contributed by atoms with van der Waals surface area (Å²) < 4.78 is 13.0. The van der Waals surface area contributed by atoms with Crippen molar-refractivity contribution in [3.8, 4) is 0 Å². The SMILES string of the molecule is CN(Cc1ccc(F)cc1)CN1C(=O)NC(C)(C2CCCCC2)C1=O. The first kappa shape index (κ1) is 17.9. The minimum absolute atomic E-state index is 0.129. The third-order valence-corrected chi connectivity index (χ3v) is 5.47. The Morgan fingerprint density at radius 2 is 1.84 bits per heavy atom. The zero-order chi connectivity index (χ0) is 18.0. The maximum atomic E-state index is 13.0. The molecule has 0 aromatic heterocycles. The highest BCUT2D eigenvalue weighted by molar-refractivity contribution is 6.06. The highest BCUT2D eigenvalue weighted by Gasteiger charge is 2.52. The van der Waals surface area contributed by atoms with Crippen LogP contribution in [0.5, 0.6) is 0 Å². The molecule has 1 unspecified atom stereocenters. The Kier molecular flexibility index (Phi) is 5.08. The van der Waals surface area contributed by atoms with Gasteiger partial charge < -0.3 is 5.32 Å². The Balaban J connectivity index is 1.64. The van der Waals surface area contributed by atoms with Crippen molar-refractivity contribution in [2.45, 2.75) is 51.1 Å². The van der Waals surface area contributed by atoms with Crippen LogP contribution in [0.4, 0.5) is 9.18 Å². The van der Waals surface area contributed by atoms with Crippen molar-refractivity contribution in [1.29, 1.82) is 0 Å². The Morgan fingerprint density at radius 3 is 2.48 bits per heavy atom. The number of benzene rings is 1. The maximum absolute atomic E-state index is 13.0. The quantitative estimate of drug-likeness (QED) is 0.833. The second kappa shape index (κ2) is 7.12. The van der Waals surface area contributed by atoms with Crippen LogP contribution in [-0.2, 0) is 11.3 Å². The van der Waals surface area contributed by atoms with Crippen molar-refractivity contribution in [2.24, 2.45) is 5.92 Å². The van der Waals surface area contributed by atoms with Crippen LogP contribution in [0.15, 0.2) is 24.3 Å². The van der Waals surface area contributed by atoms with Gasteiger partial charge in [-0.3, -0.25) is 9.69 Å². The van der Waals surface area contributed by atoms with E-state index in [1.165, 1.54) is 23.5 Å². The summed E-state index contributed by atoms with van der Waals surface area (Å²) in [5, 5.41) is 2.94. The minimum atomic E-state index is -0.784. The number of hydrogen-bond donors (Lipinski definition) is 1. The lowest BCUT2D eigenvalue weighted by Gasteiger charge is -2.34. The van der Waals surface area contributed by atoms with Crippen LogP contribution in [0.3, 0.4) is 0 Å². The summed E-state index contributed by atoms with van der Waals surface area (Å²) in [6.45, 7) is 2.63. The number of carbonyl (C=O) groups is 2. The van der Waals surface area contributed by atoms with Crippen molar-refractivity contribution in [3.05, 3.63) is 35.6 Å². The molecule has 2 fully saturated rings. The Bertz CT molecular complexity index is 643. The van der Waals surface area contributed by atoms with Gasteiger partial charge in [-0.25, -0.2) is 14.1 Å². The Labute approximate surface area is 148 Å². The second-order valence-electron chi connectivity index (χ2n) is 7.48. The molecule has 1 aromatic rings. The lowest BCUT2D eigenvalue weighted by atomic mass is 9.75. The van der Waals surface area contributed by atoms with Gasteiger partial charge in [0.25, 0.3) is 5.91 Å². The fourth-order valence-electron chi connectivity index (χ4n) is 3.99. The van der Waals surface area contributed by atoms with Gasteiger partial charge in [-0.1, -0.05) is 31.4 Å². The highest BCUT2D eigenvalue weighted by atomic mass is 19.1. The molecule has 0 spiro atoms. The third kappa shape index (κ3) is 3.68. The fourth-order valence-corrected chi connectivity index (χ4v) is 3.99. The molecule has 1 aliphatic heterocycles.